The number of carbonyl (C=O) groups is 2. The standard InChI is InChI=1S/C13H13F3N2O2/c1-3-13(2)12(20)18(6-10(19)17-13)7-4-8(14)11(16)9(15)5-7/h4-5H,3,6H2,1-2H3,(H,17,19). The Kier molecular flexibility index (Phi) is 3.45. The van der Waals surface area contributed by atoms with Gasteiger partial charge in [0.25, 0.3) is 5.91 Å². The first-order chi connectivity index (χ1) is 9.28. The average molecular weight is 286 g/mol. The van der Waals surface area contributed by atoms with Gasteiger partial charge in [-0.05, 0) is 13.3 Å². The maximum Gasteiger partial charge on any atom is 0.252 e. The van der Waals surface area contributed by atoms with Gasteiger partial charge in [-0.15, -0.1) is 0 Å². The van der Waals surface area contributed by atoms with E-state index in [-0.39, 0.29) is 12.2 Å². The van der Waals surface area contributed by atoms with Crippen LogP contribution in [0.25, 0.3) is 0 Å². The Morgan fingerprint density at radius 2 is 1.80 bits per heavy atom. The van der Waals surface area contributed by atoms with Gasteiger partial charge in [-0.2, -0.15) is 0 Å². The number of piperazine rings is 1. The van der Waals surface area contributed by atoms with Crippen LogP contribution in [0.5, 0.6) is 0 Å². The number of rotatable bonds is 2. The van der Waals surface area contributed by atoms with E-state index in [1.54, 1.807) is 6.92 Å². The monoisotopic (exact) mass is 286 g/mol. The number of hydrogen-bond acceptors (Lipinski definition) is 2. The van der Waals surface area contributed by atoms with Crippen LogP contribution >= 0.6 is 0 Å². The molecule has 1 aromatic carbocycles. The molecule has 20 heavy (non-hydrogen) atoms. The lowest BCUT2D eigenvalue weighted by molar-refractivity contribution is -0.135. The van der Waals surface area contributed by atoms with Crippen molar-refractivity contribution in [1.29, 1.82) is 0 Å². The van der Waals surface area contributed by atoms with E-state index in [0.29, 0.717) is 18.6 Å². The second-order valence-corrected chi connectivity index (χ2v) is 4.85. The first kappa shape index (κ1) is 14.4. The number of halogens is 3. The molecule has 1 fully saturated rings. The highest BCUT2D eigenvalue weighted by Crippen LogP contribution is 2.26. The summed E-state index contributed by atoms with van der Waals surface area (Å²) in [5.41, 5.74) is -1.32. The maximum absolute atomic E-state index is 13.2. The minimum absolute atomic E-state index is 0.180. The number of benzene rings is 1. The number of nitrogens with zero attached hydrogens (tertiary/aromatic N) is 1. The Labute approximate surface area is 113 Å². The Bertz CT molecular complexity index is 568. The van der Waals surface area contributed by atoms with Gasteiger partial charge in [0, 0.05) is 12.1 Å². The maximum atomic E-state index is 13.2. The first-order valence-corrected chi connectivity index (χ1v) is 6.06. The summed E-state index contributed by atoms with van der Waals surface area (Å²) < 4.78 is 39.4. The fourth-order valence-corrected chi connectivity index (χ4v) is 2.06. The molecule has 0 spiro atoms. The van der Waals surface area contributed by atoms with E-state index in [2.05, 4.69) is 5.32 Å². The van der Waals surface area contributed by atoms with Gasteiger partial charge < -0.3 is 10.2 Å². The summed E-state index contributed by atoms with van der Waals surface area (Å²) in [6.07, 6.45) is 0.320. The predicted molar refractivity (Wildman–Crippen MR) is 65.5 cm³/mol. The summed E-state index contributed by atoms with van der Waals surface area (Å²) in [6, 6.07) is 1.40. The normalized spacial score (nSPS) is 22.9. The molecule has 1 N–H and O–H groups in total. The van der Waals surface area contributed by atoms with Crippen LogP contribution in [0, 0.1) is 17.5 Å². The van der Waals surface area contributed by atoms with Crippen LogP contribution in [-0.2, 0) is 9.59 Å². The highest BCUT2D eigenvalue weighted by atomic mass is 19.2. The molecule has 1 aromatic rings. The van der Waals surface area contributed by atoms with Crippen molar-refractivity contribution in [1.82, 2.24) is 5.32 Å². The topological polar surface area (TPSA) is 49.4 Å². The van der Waals surface area contributed by atoms with Gasteiger partial charge in [-0.3, -0.25) is 9.59 Å². The van der Waals surface area contributed by atoms with Crippen molar-refractivity contribution in [2.45, 2.75) is 25.8 Å². The molecule has 1 heterocycles. The molecule has 1 unspecified atom stereocenters. The number of carbonyl (C=O) groups excluding carboxylic acids is 2. The molecule has 0 aromatic heterocycles. The Hall–Kier alpha value is -2.05. The molecule has 1 saturated heterocycles. The molecule has 0 radical (unpaired) electrons. The van der Waals surface area contributed by atoms with Crippen molar-refractivity contribution in [3.63, 3.8) is 0 Å². The third kappa shape index (κ3) is 2.23. The van der Waals surface area contributed by atoms with E-state index >= 15 is 0 Å². The van der Waals surface area contributed by atoms with Crippen LogP contribution in [0.4, 0.5) is 18.9 Å². The van der Waals surface area contributed by atoms with E-state index in [1.165, 1.54) is 6.92 Å². The van der Waals surface area contributed by atoms with Gasteiger partial charge >= 0.3 is 0 Å². The average Bonchev–Trinajstić information content (AvgIpc) is 2.39. The summed E-state index contributed by atoms with van der Waals surface area (Å²) in [4.78, 5) is 24.9. The molecule has 1 aliphatic rings. The molecule has 1 aliphatic heterocycles. The lowest BCUT2D eigenvalue weighted by atomic mass is 9.94. The van der Waals surface area contributed by atoms with E-state index in [0.717, 1.165) is 4.90 Å². The number of hydrogen-bond donors (Lipinski definition) is 1. The van der Waals surface area contributed by atoms with Crippen LogP contribution in [-0.4, -0.2) is 23.9 Å². The Morgan fingerprint density at radius 1 is 1.25 bits per heavy atom. The zero-order valence-electron chi connectivity index (χ0n) is 11.0. The molecule has 0 saturated carbocycles. The molecule has 0 aliphatic carbocycles. The van der Waals surface area contributed by atoms with Crippen LogP contribution in [0.3, 0.4) is 0 Å². The Balaban J connectivity index is 2.46. The fourth-order valence-electron chi connectivity index (χ4n) is 2.06. The molecule has 7 heteroatoms. The second-order valence-electron chi connectivity index (χ2n) is 4.85. The van der Waals surface area contributed by atoms with E-state index < -0.39 is 34.8 Å². The quantitative estimate of drug-likeness (QED) is 0.842. The molecule has 108 valence electrons. The van der Waals surface area contributed by atoms with Gasteiger partial charge in [0.05, 0.1) is 5.69 Å². The fraction of sp³-hybridized carbons (Fsp3) is 0.385. The minimum atomic E-state index is -1.61. The van der Waals surface area contributed by atoms with Crippen molar-refractivity contribution in [2.24, 2.45) is 0 Å². The van der Waals surface area contributed by atoms with E-state index in [9.17, 15) is 22.8 Å². The van der Waals surface area contributed by atoms with Crippen LogP contribution < -0.4 is 10.2 Å². The third-order valence-corrected chi connectivity index (χ3v) is 3.42. The zero-order chi connectivity index (χ0) is 15.1. The van der Waals surface area contributed by atoms with Gasteiger partial charge in [-0.1, -0.05) is 6.92 Å². The van der Waals surface area contributed by atoms with Crippen molar-refractivity contribution in [2.75, 3.05) is 11.4 Å². The first-order valence-electron chi connectivity index (χ1n) is 6.06. The molecule has 0 bridgehead atoms. The van der Waals surface area contributed by atoms with Gasteiger partial charge in [0.15, 0.2) is 17.5 Å². The summed E-state index contributed by atoms with van der Waals surface area (Å²) in [6.45, 7) is 2.86. The number of amides is 2. The highest BCUT2D eigenvalue weighted by Gasteiger charge is 2.42. The van der Waals surface area contributed by atoms with Crippen molar-refractivity contribution >= 4 is 17.5 Å². The van der Waals surface area contributed by atoms with Crippen LogP contribution in [0.2, 0.25) is 0 Å². The summed E-state index contributed by atoms with van der Waals surface area (Å²) in [5, 5.41) is 2.54. The number of nitrogens with one attached hydrogen (secondary N) is 1. The van der Waals surface area contributed by atoms with E-state index in [1.807, 2.05) is 0 Å². The van der Waals surface area contributed by atoms with Crippen LogP contribution in [0.15, 0.2) is 12.1 Å². The molecule has 2 rings (SSSR count). The third-order valence-electron chi connectivity index (χ3n) is 3.42. The van der Waals surface area contributed by atoms with Crippen LogP contribution in [0.1, 0.15) is 20.3 Å². The molecule has 4 nitrogen and oxygen atoms in total. The van der Waals surface area contributed by atoms with Crippen molar-refractivity contribution in [3.05, 3.63) is 29.6 Å². The van der Waals surface area contributed by atoms with Crippen molar-refractivity contribution in [3.8, 4) is 0 Å². The summed E-state index contributed by atoms with van der Waals surface area (Å²) in [7, 11) is 0. The summed E-state index contributed by atoms with van der Waals surface area (Å²) >= 11 is 0. The van der Waals surface area contributed by atoms with Gasteiger partial charge in [0.2, 0.25) is 5.91 Å². The summed E-state index contributed by atoms with van der Waals surface area (Å²) in [5.74, 6) is -5.36. The van der Waals surface area contributed by atoms with Gasteiger partial charge in [-0.25, -0.2) is 13.2 Å². The lowest BCUT2D eigenvalue weighted by Gasteiger charge is -2.39. The SMILES string of the molecule is CCC1(C)NC(=O)CN(c2cc(F)c(F)c(F)c2)C1=O. The molecular weight excluding hydrogens is 273 g/mol. The molecular formula is C13H13F3N2O2. The molecule has 1 atom stereocenters. The van der Waals surface area contributed by atoms with Gasteiger partial charge in [0.1, 0.15) is 12.1 Å². The zero-order valence-corrected chi connectivity index (χ0v) is 11.0. The Morgan fingerprint density at radius 3 is 2.30 bits per heavy atom. The highest BCUT2D eigenvalue weighted by molar-refractivity contribution is 6.08. The predicted octanol–water partition coefficient (Wildman–Crippen LogP) is 1.74. The second kappa shape index (κ2) is 4.81. The smallest absolute Gasteiger partial charge is 0.252 e. The minimum Gasteiger partial charge on any atom is -0.340 e. The van der Waals surface area contributed by atoms with E-state index in [4.69, 9.17) is 0 Å². The van der Waals surface area contributed by atoms with Crippen molar-refractivity contribution < 1.29 is 22.8 Å². The number of anilines is 1. The molecule has 2 amide bonds. The largest absolute Gasteiger partial charge is 0.340 e. The lowest BCUT2D eigenvalue weighted by Crippen LogP contribution is -2.65.